The molecule has 4 aromatic rings. The monoisotopic (exact) mass is 524 g/mol. The summed E-state index contributed by atoms with van der Waals surface area (Å²) in [5.74, 6) is 1.49. The van der Waals surface area contributed by atoms with Gasteiger partial charge in [-0.1, -0.05) is 48.5 Å². The molecule has 3 aromatic carbocycles. The number of imidazole rings is 1. The molecule has 0 unspecified atom stereocenters. The maximum absolute atomic E-state index is 13.4. The van der Waals surface area contributed by atoms with Crippen LogP contribution in [0.2, 0.25) is 0 Å². The Bertz CT molecular complexity index is 1480. The molecular formula is C31H32N4O4. The number of amides is 2. The van der Waals surface area contributed by atoms with Crippen molar-refractivity contribution in [2.24, 2.45) is 5.92 Å². The van der Waals surface area contributed by atoms with E-state index in [-0.39, 0.29) is 18.4 Å². The van der Waals surface area contributed by atoms with E-state index in [2.05, 4.69) is 5.32 Å². The third kappa shape index (κ3) is 5.95. The first-order valence-electron chi connectivity index (χ1n) is 13.0. The van der Waals surface area contributed by atoms with Crippen LogP contribution in [0.1, 0.15) is 28.8 Å². The third-order valence-electron chi connectivity index (χ3n) is 6.84. The first kappa shape index (κ1) is 26.0. The Kier molecular flexibility index (Phi) is 7.63. The highest BCUT2D eigenvalue weighted by Gasteiger charge is 2.29. The molecule has 1 aliphatic carbocycles. The second kappa shape index (κ2) is 11.4. The zero-order valence-electron chi connectivity index (χ0n) is 22.4. The summed E-state index contributed by atoms with van der Waals surface area (Å²) in [6, 6.07) is 22.7. The van der Waals surface area contributed by atoms with Gasteiger partial charge in [-0.3, -0.25) is 19.5 Å². The number of benzene rings is 3. The average Bonchev–Trinajstić information content (AvgIpc) is 3.69. The van der Waals surface area contributed by atoms with Gasteiger partial charge in [0.05, 0.1) is 25.6 Å². The molecule has 0 spiro atoms. The van der Waals surface area contributed by atoms with E-state index >= 15 is 0 Å². The number of hydrogen-bond donors (Lipinski definition) is 1. The molecule has 0 aliphatic heterocycles. The smallest absolute Gasteiger partial charge is 0.254 e. The largest absolute Gasteiger partial charge is 0.493 e. The topological polar surface area (TPSA) is 85.7 Å². The lowest BCUT2D eigenvalue weighted by Gasteiger charge is -2.23. The van der Waals surface area contributed by atoms with E-state index in [9.17, 15) is 9.59 Å². The minimum Gasteiger partial charge on any atom is -0.493 e. The fourth-order valence-electron chi connectivity index (χ4n) is 4.54. The van der Waals surface area contributed by atoms with Crippen molar-refractivity contribution >= 4 is 17.8 Å². The molecule has 8 nitrogen and oxygen atoms in total. The van der Waals surface area contributed by atoms with E-state index in [1.165, 1.54) is 0 Å². The van der Waals surface area contributed by atoms with E-state index in [1.807, 2.05) is 79.9 Å². The Hall–Kier alpha value is -4.59. The molecule has 8 heteroatoms. The number of carbonyl (C=O) groups excluding carboxylic acids is 2. The normalized spacial score (nSPS) is 12.6. The number of rotatable bonds is 10. The summed E-state index contributed by atoms with van der Waals surface area (Å²) >= 11 is 0. The molecule has 1 N–H and O–H groups in total. The van der Waals surface area contributed by atoms with Crippen LogP contribution in [0, 0.1) is 12.8 Å². The Morgan fingerprint density at radius 1 is 0.974 bits per heavy atom. The minimum absolute atomic E-state index is 0.0663. The molecule has 1 fully saturated rings. The number of aromatic nitrogens is 2. The molecule has 1 aliphatic rings. The van der Waals surface area contributed by atoms with E-state index in [1.54, 1.807) is 29.8 Å². The van der Waals surface area contributed by atoms with Crippen LogP contribution in [0.5, 0.6) is 11.5 Å². The number of hydrogen-bond acceptors (Lipinski definition) is 5. The van der Waals surface area contributed by atoms with E-state index in [4.69, 9.17) is 14.5 Å². The Morgan fingerprint density at radius 2 is 1.69 bits per heavy atom. The number of nitrogens with one attached hydrogen (secondary N) is 1. The van der Waals surface area contributed by atoms with Gasteiger partial charge in [-0.15, -0.1) is 0 Å². The molecule has 1 aromatic heterocycles. The number of carbonyl (C=O) groups is 2. The SMILES string of the molecule is COc1ccc(-n2cc(-c3ccccc3)nc2NC(=O)CN(CC2CC2)C(=O)c2ccccc2C)cc1OC. The van der Waals surface area contributed by atoms with Gasteiger partial charge in [0, 0.05) is 29.9 Å². The predicted molar refractivity (Wildman–Crippen MR) is 151 cm³/mol. The van der Waals surface area contributed by atoms with Crippen molar-refractivity contribution in [3.63, 3.8) is 0 Å². The number of anilines is 1. The van der Waals surface area contributed by atoms with Crippen LogP contribution >= 0.6 is 0 Å². The van der Waals surface area contributed by atoms with Gasteiger partial charge < -0.3 is 14.4 Å². The van der Waals surface area contributed by atoms with Gasteiger partial charge in [-0.2, -0.15) is 0 Å². The van der Waals surface area contributed by atoms with Gasteiger partial charge in [0.25, 0.3) is 5.91 Å². The van der Waals surface area contributed by atoms with Crippen LogP contribution in [0.3, 0.4) is 0 Å². The second-order valence-corrected chi connectivity index (χ2v) is 9.72. The van der Waals surface area contributed by atoms with Crippen LogP contribution in [0.4, 0.5) is 5.95 Å². The molecule has 1 saturated carbocycles. The van der Waals surface area contributed by atoms with Crippen molar-refractivity contribution in [1.82, 2.24) is 14.5 Å². The zero-order chi connectivity index (χ0) is 27.4. The lowest BCUT2D eigenvalue weighted by atomic mass is 10.1. The van der Waals surface area contributed by atoms with Crippen molar-refractivity contribution < 1.29 is 19.1 Å². The first-order chi connectivity index (χ1) is 19.0. The van der Waals surface area contributed by atoms with Crippen LogP contribution in [0.15, 0.2) is 79.0 Å². The van der Waals surface area contributed by atoms with Crippen LogP contribution in [-0.2, 0) is 4.79 Å². The van der Waals surface area contributed by atoms with Gasteiger partial charge in [-0.05, 0) is 49.4 Å². The standard InChI is InChI=1S/C31H32N4O4/c1-21-9-7-8-12-25(21)30(37)34(18-22-13-14-22)20-29(36)33-31-32-26(23-10-5-4-6-11-23)19-35(31)24-15-16-27(38-2)28(17-24)39-3/h4-12,15-17,19,22H,13-14,18,20H2,1-3H3,(H,32,33,36). The Balaban J connectivity index is 1.44. The Morgan fingerprint density at radius 3 is 2.38 bits per heavy atom. The van der Waals surface area contributed by atoms with Crippen LogP contribution in [0.25, 0.3) is 16.9 Å². The number of ether oxygens (including phenoxy) is 2. The van der Waals surface area contributed by atoms with E-state index in [0.717, 1.165) is 29.7 Å². The van der Waals surface area contributed by atoms with Gasteiger partial charge in [0.2, 0.25) is 11.9 Å². The minimum atomic E-state index is -0.315. The maximum atomic E-state index is 13.4. The highest BCUT2D eigenvalue weighted by atomic mass is 16.5. The van der Waals surface area contributed by atoms with Crippen molar-refractivity contribution in [2.75, 3.05) is 32.6 Å². The van der Waals surface area contributed by atoms with Gasteiger partial charge in [0.15, 0.2) is 11.5 Å². The lowest BCUT2D eigenvalue weighted by molar-refractivity contribution is -0.117. The summed E-state index contributed by atoms with van der Waals surface area (Å²) in [5, 5.41) is 2.96. The summed E-state index contributed by atoms with van der Waals surface area (Å²) < 4.78 is 12.7. The summed E-state index contributed by atoms with van der Waals surface area (Å²) in [6.07, 6.45) is 4.01. The Labute approximate surface area is 228 Å². The summed E-state index contributed by atoms with van der Waals surface area (Å²) in [6.45, 7) is 2.40. The second-order valence-electron chi connectivity index (χ2n) is 9.72. The fraction of sp³-hybridized carbons (Fsp3) is 0.258. The molecule has 2 amide bonds. The van der Waals surface area contributed by atoms with Crippen molar-refractivity contribution in [3.8, 4) is 28.4 Å². The quantitative estimate of drug-likeness (QED) is 0.302. The first-order valence-corrected chi connectivity index (χ1v) is 13.0. The van der Waals surface area contributed by atoms with Gasteiger partial charge >= 0.3 is 0 Å². The van der Waals surface area contributed by atoms with E-state index < -0.39 is 0 Å². The van der Waals surface area contributed by atoms with Crippen molar-refractivity contribution in [3.05, 3.63) is 90.1 Å². The maximum Gasteiger partial charge on any atom is 0.254 e. The zero-order valence-corrected chi connectivity index (χ0v) is 22.4. The molecule has 39 heavy (non-hydrogen) atoms. The van der Waals surface area contributed by atoms with Gasteiger partial charge in [0.1, 0.15) is 6.54 Å². The number of methoxy groups -OCH3 is 2. The molecule has 0 atom stereocenters. The van der Waals surface area contributed by atoms with Crippen molar-refractivity contribution in [2.45, 2.75) is 19.8 Å². The highest BCUT2D eigenvalue weighted by molar-refractivity contribution is 6.00. The molecule has 200 valence electrons. The average molecular weight is 525 g/mol. The van der Waals surface area contributed by atoms with Crippen LogP contribution < -0.4 is 14.8 Å². The van der Waals surface area contributed by atoms with E-state index in [0.29, 0.717) is 41.2 Å². The van der Waals surface area contributed by atoms with Crippen molar-refractivity contribution in [1.29, 1.82) is 0 Å². The molecule has 0 bridgehead atoms. The summed E-state index contributed by atoms with van der Waals surface area (Å²) in [7, 11) is 3.16. The fourth-order valence-corrected chi connectivity index (χ4v) is 4.54. The molecular weight excluding hydrogens is 492 g/mol. The molecule has 1 heterocycles. The number of aryl methyl sites for hydroxylation is 1. The lowest BCUT2D eigenvalue weighted by Crippen LogP contribution is -2.40. The summed E-state index contributed by atoms with van der Waals surface area (Å²) in [4.78, 5) is 33.2. The van der Waals surface area contributed by atoms with Crippen LogP contribution in [-0.4, -0.2) is 53.6 Å². The third-order valence-corrected chi connectivity index (χ3v) is 6.84. The molecule has 0 saturated heterocycles. The predicted octanol–water partition coefficient (Wildman–Crippen LogP) is 5.36. The molecule has 0 radical (unpaired) electrons. The molecule has 5 rings (SSSR count). The highest BCUT2D eigenvalue weighted by Crippen LogP contribution is 2.32. The van der Waals surface area contributed by atoms with Gasteiger partial charge in [-0.25, -0.2) is 4.98 Å². The number of nitrogens with zero attached hydrogens (tertiary/aromatic N) is 3. The summed E-state index contributed by atoms with van der Waals surface area (Å²) in [5.41, 5.74) is 3.86.